The van der Waals surface area contributed by atoms with Crippen LogP contribution in [0.4, 0.5) is 23.2 Å². The predicted octanol–water partition coefficient (Wildman–Crippen LogP) is 5.78. The van der Waals surface area contributed by atoms with Gasteiger partial charge in [-0.3, -0.25) is 4.79 Å². The Labute approximate surface area is 194 Å². The summed E-state index contributed by atoms with van der Waals surface area (Å²) in [5.41, 5.74) is -0.505. The van der Waals surface area contributed by atoms with Crippen molar-refractivity contribution in [1.29, 1.82) is 0 Å². The molecule has 0 spiro atoms. The molecule has 0 radical (unpaired) electrons. The molecule has 3 aromatic rings. The van der Waals surface area contributed by atoms with Crippen molar-refractivity contribution in [3.63, 3.8) is 0 Å². The third-order valence-corrected chi connectivity index (χ3v) is 6.56. The third-order valence-electron chi connectivity index (χ3n) is 5.45. The molecule has 0 N–H and O–H groups in total. The summed E-state index contributed by atoms with van der Waals surface area (Å²) in [7, 11) is 1.46. The molecule has 10 heteroatoms. The van der Waals surface area contributed by atoms with Crippen LogP contribution in [0.2, 0.25) is 5.02 Å². The van der Waals surface area contributed by atoms with Crippen LogP contribution in [0.3, 0.4) is 0 Å². The number of piperazine rings is 1. The molecule has 0 bridgehead atoms. The fourth-order valence-corrected chi connectivity index (χ4v) is 4.72. The van der Waals surface area contributed by atoms with E-state index >= 15 is 0 Å². The van der Waals surface area contributed by atoms with Crippen LogP contribution in [0.5, 0.6) is 5.75 Å². The molecule has 1 aliphatic rings. The second kappa shape index (κ2) is 8.78. The van der Waals surface area contributed by atoms with Crippen molar-refractivity contribution in [1.82, 2.24) is 4.90 Å². The Balaban J connectivity index is 1.61. The summed E-state index contributed by atoms with van der Waals surface area (Å²) in [4.78, 5) is 15.9. The van der Waals surface area contributed by atoms with E-state index in [-0.39, 0.29) is 32.1 Å². The second-order valence-electron chi connectivity index (χ2n) is 7.19. The van der Waals surface area contributed by atoms with Crippen molar-refractivity contribution in [2.75, 3.05) is 38.2 Å². The Bertz CT molecular complexity index is 1200. The second-order valence-corrected chi connectivity index (χ2v) is 8.36. The van der Waals surface area contributed by atoms with E-state index in [2.05, 4.69) is 15.9 Å². The van der Waals surface area contributed by atoms with Crippen LogP contribution < -0.4 is 9.64 Å². The highest BCUT2D eigenvalue weighted by Gasteiger charge is 2.32. The number of anilines is 1. The number of ether oxygens (including phenoxy) is 1. The number of halogens is 6. The molecule has 0 unspecified atom stereocenters. The van der Waals surface area contributed by atoms with Crippen LogP contribution >= 0.6 is 27.5 Å². The van der Waals surface area contributed by atoms with Gasteiger partial charge in [0, 0.05) is 26.2 Å². The summed E-state index contributed by atoms with van der Waals surface area (Å²) in [6, 6.07) is 9.19. The lowest BCUT2D eigenvalue weighted by atomic mass is 10.0. The molecule has 1 amide bonds. The maximum absolute atomic E-state index is 14.3. The molecule has 0 aliphatic carbocycles. The third kappa shape index (κ3) is 3.67. The first kappa shape index (κ1) is 22.7. The molecule has 1 saturated heterocycles. The zero-order valence-electron chi connectivity index (χ0n) is 16.7. The highest BCUT2D eigenvalue weighted by Crippen LogP contribution is 2.38. The van der Waals surface area contributed by atoms with Crippen LogP contribution in [-0.4, -0.2) is 44.1 Å². The average Bonchev–Trinajstić information content (AvgIpc) is 2.81. The van der Waals surface area contributed by atoms with Gasteiger partial charge in [-0.25, -0.2) is 17.6 Å². The molecule has 4 rings (SSSR count). The minimum absolute atomic E-state index is 0.0306. The first-order valence-electron chi connectivity index (χ1n) is 9.57. The SMILES string of the molecule is COc1c(C(=O)N2CCN(c3c(F)c(F)c(Cl)c(F)c3F)CC2)cc2ccccc2c1Br. The van der Waals surface area contributed by atoms with Gasteiger partial charge in [-0.15, -0.1) is 0 Å². The van der Waals surface area contributed by atoms with Crippen LogP contribution in [0.15, 0.2) is 34.8 Å². The van der Waals surface area contributed by atoms with Gasteiger partial charge in [-0.1, -0.05) is 35.9 Å². The van der Waals surface area contributed by atoms with E-state index in [4.69, 9.17) is 16.3 Å². The van der Waals surface area contributed by atoms with E-state index < -0.39 is 34.0 Å². The molecule has 32 heavy (non-hydrogen) atoms. The van der Waals surface area contributed by atoms with Crippen LogP contribution in [0.1, 0.15) is 10.4 Å². The van der Waals surface area contributed by atoms with E-state index in [1.807, 2.05) is 24.3 Å². The van der Waals surface area contributed by atoms with Crippen LogP contribution in [0.25, 0.3) is 10.8 Å². The molecule has 168 valence electrons. The first-order chi connectivity index (χ1) is 15.3. The summed E-state index contributed by atoms with van der Waals surface area (Å²) < 4.78 is 62.3. The number of carbonyl (C=O) groups is 1. The van der Waals surface area contributed by atoms with Gasteiger partial charge in [0.1, 0.15) is 16.5 Å². The van der Waals surface area contributed by atoms with Gasteiger partial charge in [-0.05, 0) is 32.8 Å². The number of hydrogen-bond acceptors (Lipinski definition) is 3. The minimum Gasteiger partial charge on any atom is -0.495 e. The summed E-state index contributed by atoms with van der Waals surface area (Å²) in [6.45, 7) is 0.0999. The highest BCUT2D eigenvalue weighted by atomic mass is 79.9. The Morgan fingerprint density at radius 2 is 1.59 bits per heavy atom. The lowest BCUT2D eigenvalue weighted by Gasteiger charge is -2.36. The minimum atomic E-state index is -1.65. The van der Waals surface area contributed by atoms with Crippen molar-refractivity contribution in [3.05, 3.63) is 68.7 Å². The predicted molar refractivity (Wildman–Crippen MR) is 118 cm³/mol. The average molecular weight is 532 g/mol. The van der Waals surface area contributed by atoms with Gasteiger partial charge >= 0.3 is 0 Å². The monoisotopic (exact) mass is 530 g/mol. The van der Waals surface area contributed by atoms with E-state index in [9.17, 15) is 22.4 Å². The fraction of sp³-hybridized carbons (Fsp3) is 0.227. The molecule has 1 aliphatic heterocycles. The molecule has 3 aromatic carbocycles. The maximum Gasteiger partial charge on any atom is 0.257 e. The van der Waals surface area contributed by atoms with E-state index in [1.165, 1.54) is 12.0 Å². The number of fused-ring (bicyclic) bond motifs is 1. The number of methoxy groups -OCH3 is 1. The standard InChI is InChI=1S/C22H16BrClF4N2O2/c1-32-21-13(10-11-4-2-3-5-12(11)14(21)23)22(31)30-8-6-29(7-9-30)20-18(27)16(25)15(24)17(26)19(20)28/h2-5,10H,6-9H2,1H3. The smallest absolute Gasteiger partial charge is 0.257 e. The van der Waals surface area contributed by atoms with Crippen molar-refractivity contribution in [2.45, 2.75) is 0 Å². The summed E-state index contributed by atoms with van der Waals surface area (Å²) >= 11 is 8.79. The zero-order chi connectivity index (χ0) is 23.2. The Kier molecular flexibility index (Phi) is 6.22. The normalized spacial score (nSPS) is 14.2. The van der Waals surface area contributed by atoms with Crippen molar-refractivity contribution < 1.29 is 27.1 Å². The molecule has 0 atom stereocenters. The van der Waals surface area contributed by atoms with Crippen LogP contribution in [-0.2, 0) is 0 Å². The molecule has 4 nitrogen and oxygen atoms in total. The number of amides is 1. The number of carbonyl (C=O) groups excluding carboxylic acids is 1. The van der Waals surface area contributed by atoms with Gasteiger partial charge in [0.2, 0.25) is 0 Å². The number of benzene rings is 3. The van der Waals surface area contributed by atoms with E-state index in [0.29, 0.717) is 15.8 Å². The fourth-order valence-electron chi connectivity index (χ4n) is 3.82. The highest BCUT2D eigenvalue weighted by molar-refractivity contribution is 9.10. The zero-order valence-corrected chi connectivity index (χ0v) is 19.0. The van der Waals surface area contributed by atoms with E-state index in [0.717, 1.165) is 15.7 Å². The lowest BCUT2D eigenvalue weighted by Crippen LogP contribution is -2.49. The summed E-state index contributed by atoms with van der Waals surface area (Å²) in [5, 5.41) is 0.480. The molecule has 1 fully saturated rings. The molecular weight excluding hydrogens is 516 g/mol. The molecule has 0 aromatic heterocycles. The largest absolute Gasteiger partial charge is 0.495 e. The number of nitrogens with zero attached hydrogens (tertiary/aromatic N) is 2. The van der Waals surface area contributed by atoms with Gasteiger partial charge in [0.15, 0.2) is 23.3 Å². The topological polar surface area (TPSA) is 32.8 Å². The first-order valence-corrected chi connectivity index (χ1v) is 10.7. The van der Waals surface area contributed by atoms with Gasteiger partial charge < -0.3 is 14.5 Å². The van der Waals surface area contributed by atoms with Gasteiger partial charge in [0.25, 0.3) is 5.91 Å². The van der Waals surface area contributed by atoms with Crippen LogP contribution in [0, 0.1) is 23.3 Å². The van der Waals surface area contributed by atoms with Crippen molar-refractivity contribution >= 4 is 49.9 Å². The Morgan fingerprint density at radius 3 is 2.19 bits per heavy atom. The van der Waals surface area contributed by atoms with Crippen molar-refractivity contribution in [2.24, 2.45) is 0 Å². The Morgan fingerprint density at radius 1 is 1.00 bits per heavy atom. The van der Waals surface area contributed by atoms with Crippen molar-refractivity contribution in [3.8, 4) is 5.75 Å². The molecule has 0 saturated carbocycles. The van der Waals surface area contributed by atoms with Gasteiger partial charge in [-0.2, -0.15) is 0 Å². The van der Waals surface area contributed by atoms with E-state index in [1.54, 1.807) is 6.07 Å². The summed E-state index contributed by atoms with van der Waals surface area (Å²) in [5.74, 6) is -6.38. The summed E-state index contributed by atoms with van der Waals surface area (Å²) in [6.07, 6.45) is 0. The molecular formula is C22H16BrClF4N2O2. The Hall–Kier alpha value is -2.52. The number of rotatable bonds is 3. The lowest BCUT2D eigenvalue weighted by molar-refractivity contribution is 0.0743. The maximum atomic E-state index is 14.3. The van der Waals surface area contributed by atoms with Gasteiger partial charge in [0.05, 0.1) is 17.1 Å². The quantitative estimate of drug-likeness (QED) is 0.244. The molecule has 1 heterocycles. The number of hydrogen-bond donors (Lipinski definition) is 0.